The molecule has 0 aliphatic carbocycles. The summed E-state index contributed by atoms with van der Waals surface area (Å²) >= 11 is 0. The van der Waals surface area contributed by atoms with Crippen LogP contribution >= 0.6 is 0 Å². The quantitative estimate of drug-likeness (QED) is 0.475. The van der Waals surface area contributed by atoms with Crippen LogP contribution in [-0.2, 0) is 14.8 Å². The fourth-order valence-electron chi connectivity index (χ4n) is 3.54. The van der Waals surface area contributed by atoms with Crippen molar-refractivity contribution in [3.63, 3.8) is 0 Å². The van der Waals surface area contributed by atoms with Crippen molar-refractivity contribution < 1.29 is 18.1 Å². The van der Waals surface area contributed by atoms with E-state index in [1.54, 1.807) is 24.3 Å². The van der Waals surface area contributed by atoms with Crippen LogP contribution in [0.25, 0.3) is 0 Å². The lowest BCUT2D eigenvalue weighted by atomic mass is 10.1. The summed E-state index contributed by atoms with van der Waals surface area (Å²) in [4.78, 5) is 22.9. The van der Waals surface area contributed by atoms with Crippen LogP contribution in [0.3, 0.4) is 0 Å². The number of rotatable bonds is 8. The number of non-ortho nitro benzene ring substituents is 1. The molecule has 1 aliphatic heterocycles. The Labute approximate surface area is 181 Å². The van der Waals surface area contributed by atoms with Crippen LogP contribution in [0, 0.1) is 17.0 Å². The molecule has 1 fully saturated rings. The molecule has 2 aromatic rings. The zero-order valence-electron chi connectivity index (χ0n) is 17.3. The number of benzene rings is 2. The van der Waals surface area contributed by atoms with E-state index in [1.807, 2.05) is 6.92 Å². The van der Waals surface area contributed by atoms with Gasteiger partial charge in [-0.05, 0) is 57.1 Å². The number of nitro groups is 1. The molecule has 31 heavy (non-hydrogen) atoms. The summed E-state index contributed by atoms with van der Waals surface area (Å²) in [6, 6.07) is 12.0. The number of amides is 1. The largest absolute Gasteiger partial charge is 0.326 e. The van der Waals surface area contributed by atoms with E-state index < -0.39 is 14.9 Å². The second kappa shape index (κ2) is 9.99. The van der Waals surface area contributed by atoms with E-state index in [2.05, 4.69) is 10.6 Å². The number of carbonyl (C=O) groups excluding carboxylic acids is 1. The number of anilines is 1. The first-order valence-corrected chi connectivity index (χ1v) is 11.5. The molecule has 166 valence electrons. The molecule has 1 amide bonds. The lowest BCUT2D eigenvalue weighted by Crippen LogP contribution is -2.47. The van der Waals surface area contributed by atoms with Crippen molar-refractivity contribution in [3.05, 3.63) is 64.2 Å². The molecule has 0 saturated carbocycles. The van der Waals surface area contributed by atoms with Crippen LogP contribution in [0.5, 0.6) is 0 Å². The van der Waals surface area contributed by atoms with Gasteiger partial charge in [0, 0.05) is 36.8 Å². The average molecular weight is 447 g/mol. The first kappa shape index (κ1) is 22.9. The van der Waals surface area contributed by atoms with E-state index in [0.29, 0.717) is 18.5 Å². The smallest absolute Gasteiger partial charge is 0.269 e. The van der Waals surface area contributed by atoms with Crippen LogP contribution in [0.1, 0.15) is 24.8 Å². The fraction of sp³-hybridized carbons (Fsp3) is 0.381. The highest BCUT2D eigenvalue weighted by atomic mass is 32.2. The number of aryl methyl sites for hydroxylation is 1. The van der Waals surface area contributed by atoms with Crippen molar-refractivity contribution in [2.75, 3.05) is 25.0 Å². The molecule has 0 bridgehead atoms. The van der Waals surface area contributed by atoms with Gasteiger partial charge in [0.25, 0.3) is 5.69 Å². The number of hydrogen-bond donors (Lipinski definition) is 2. The Hall–Kier alpha value is -2.82. The molecule has 9 nitrogen and oxygen atoms in total. The van der Waals surface area contributed by atoms with E-state index >= 15 is 0 Å². The SMILES string of the molecule is Cc1ccc(S(=O)(=O)N(CCC(=O)Nc2ccc([N+](=O)[O-])cc2)C2CCNCC2)cc1. The summed E-state index contributed by atoms with van der Waals surface area (Å²) in [5.74, 6) is -0.355. The Morgan fingerprint density at radius 3 is 2.32 bits per heavy atom. The van der Waals surface area contributed by atoms with Crippen molar-refractivity contribution in [1.29, 1.82) is 0 Å². The van der Waals surface area contributed by atoms with Gasteiger partial charge >= 0.3 is 0 Å². The Morgan fingerprint density at radius 2 is 1.74 bits per heavy atom. The zero-order valence-corrected chi connectivity index (χ0v) is 18.1. The lowest BCUT2D eigenvalue weighted by molar-refractivity contribution is -0.384. The molecule has 0 spiro atoms. The maximum Gasteiger partial charge on any atom is 0.269 e. The lowest BCUT2D eigenvalue weighted by Gasteiger charge is -2.33. The molecule has 1 saturated heterocycles. The third-order valence-corrected chi connectivity index (χ3v) is 7.23. The van der Waals surface area contributed by atoms with Crippen molar-refractivity contribution in [3.8, 4) is 0 Å². The van der Waals surface area contributed by atoms with Gasteiger partial charge in [-0.25, -0.2) is 8.42 Å². The number of nitrogens with one attached hydrogen (secondary N) is 2. The fourth-order valence-corrected chi connectivity index (χ4v) is 5.23. The summed E-state index contributed by atoms with van der Waals surface area (Å²) in [6.45, 7) is 3.39. The summed E-state index contributed by atoms with van der Waals surface area (Å²) in [7, 11) is -3.75. The molecule has 1 aliphatic rings. The predicted molar refractivity (Wildman–Crippen MR) is 117 cm³/mol. The predicted octanol–water partition coefficient (Wildman–Crippen LogP) is 2.67. The minimum absolute atomic E-state index is 0.0218. The summed E-state index contributed by atoms with van der Waals surface area (Å²) in [5.41, 5.74) is 1.32. The van der Waals surface area contributed by atoms with Crippen molar-refractivity contribution in [2.45, 2.75) is 37.1 Å². The van der Waals surface area contributed by atoms with Gasteiger partial charge in [0.2, 0.25) is 15.9 Å². The van der Waals surface area contributed by atoms with Gasteiger partial charge in [-0.15, -0.1) is 0 Å². The maximum absolute atomic E-state index is 13.3. The highest BCUT2D eigenvalue weighted by Crippen LogP contribution is 2.24. The Balaban J connectivity index is 1.71. The first-order chi connectivity index (χ1) is 14.8. The van der Waals surface area contributed by atoms with Crippen molar-refractivity contribution in [1.82, 2.24) is 9.62 Å². The van der Waals surface area contributed by atoms with Crippen LogP contribution in [0.2, 0.25) is 0 Å². The monoisotopic (exact) mass is 446 g/mol. The van der Waals surface area contributed by atoms with E-state index in [4.69, 9.17) is 0 Å². The third kappa shape index (κ3) is 5.87. The standard InChI is InChI=1S/C21H26N4O5S/c1-16-2-8-20(9-3-16)31(29,30)24(18-10-13-22-14-11-18)15-12-21(26)23-17-4-6-19(7-5-17)25(27)28/h2-9,18,22H,10-15H2,1H3,(H,23,26). The normalized spacial score (nSPS) is 15.0. The van der Waals surface area contributed by atoms with E-state index in [-0.39, 0.29) is 35.5 Å². The number of sulfonamides is 1. The van der Waals surface area contributed by atoms with Crippen molar-refractivity contribution in [2.24, 2.45) is 0 Å². The minimum Gasteiger partial charge on any atom is -0.326 e. The Bertz CT molecular complexity index is 1020. The zero-order chi connectivity index (χ0) is 22.4. The molecule has 0 unspecified atom stereocenters. The number of nitrogens with zero attached hydrogens (tertiary/aromatic N) is 2. The van der Waals surface area contributed by atoms with Crippen molar-refractivity contribution >= 4 is 27.3 Å². The molecule has 0 aromatic heterocycles. The van der Waals surface area contributed by atoms with Gasteiger partial charge in [0.05, 0.1) is 9.82 Å². The molecular formula is C21H26N4O5S. The highest BCUT2D eigenvalue weighted by molar-refractivity contribution is 7.89. The molecule has 10 heteroatoms. The van der Waals surface area contributed by atoms with E-state index in [1.165, 1.54) is 28.6 Å². The van der Waals surface area contributed by atoms with E-state index in [9.17, 15) is 23.3 Å². The van der Waals surface area contributed by atoms with E-state index in [0.717, 1.165) is 18.7 Å². The molecule has 3 rings (SSSR count). The van der Waals surface area contributed by atoms with Crippen LogP contribution in [-0.4, -0.2) is 49.2 Å². The third-order valence-electron chi connectivity index (χ3n) is 5.26. The van der Waals surface area contributed by atoms with Gasteiger partial charge in [-0.2, -0.15) is 4.31 Å². The second-order valence-electron chi connectivity index (χ2n) is 7.51. The van der Waals surface area contributed by atoms with Gasteiger partial charge in [-0.1, -0.05) is 17.7 Å². The Kier molecular flexibility index (Phi) is 7.37. The molecule has 0 radical (unpaired) electrons. The maximum atomic E-state index is 13.3. The molecule has 1 heterocycles. The minimum atomic E-state index is -3.75. The van der Waals surface area contributed by atoms with Gasteiger partial charge in [-0.3, -0.25) is 14.9 Å². The number of carbonyl (C=O) groups is 1. The van der Waals surface area contributed by atoms with Crippen LogP contribution < -0.4 is 10.6 Å². The Morgan fingerprint density at radius 1 is 1.13 bits per heavy atom. The van der Waals surface area contributed by atoms with Gasteiger partial charge in [0.15, 0.2) is 0 Å². The second-order valence-corrected chi connectivity index (χ2v) is 9.40. The highest BCUT2D eigenvalue weighted by Gasteiger charge is 2.32. The topological polar surface area (TPSA) is 122 Å². The number of hydrogen-bond acceptors (Lipinski definition) is 6. The van der Waals surface area contributed by atoms with Crippen LogP contribution in [0.4, 0.5) is 11.4 Å². The molecule has 2 aromatic carbocycles. The van der Waals surface area contributed by atoms with Gasteiger partial charge < -0.3 is 10.6 Å². The first-order valence-electron chi connectivity index (χ1n) is 10.1. The summed E-state index contributed by atoms with van der Waals surface area (Å²) in [5, 5.41) is 16.6. The van der Waals surface area contributed by atoms with Crippen LogP contribution in [0.15, 0.2) is 53.4 Å². The summed E-state index contributed by atoms with van der Waals surface area (Å²) in [6.07, 6.45) is 1.33. The average Bonchev–Trinajstić information content (AvgIpc) is 2.75. The number of nitro benzene ring substituents is 1. The summed E-state index contributed by atoms with van der Waals surface area (Å²) < 4.78 is 28.1. The molecule has 0 atom stereocenters. The molecule has 2 N–H and O–H groups in total. The van der Waals surface area contributed by atoms with Gasteiger partial charge in [0.1, 0.15) is 0 Å². The number of piperidine rings is 1. The molecular weight excluding hydrogens is 420 g/mol.